The summed E-state index contributed by atoms with van der Waals surface area (Å²) in [5.41, 5.74) is 1.03. The molecule has 23 heavy (non-hydrogen) atoms. The van der Waals surface area contributed by atoms with Crippen LogP contribution in [0.25, 0.3) is 0 Å². The maximum atomic E-state index is 12.5. The first kappa shape index (κ1) is 18.0. The average Bonchev–Trinajstić information content (AvgIpc) is 2.97. The van der Waals surface area contributed by atoms with E-state index in [9.17, 15) is 4.79 Å². The highest BCUT2D eigenvalue weighted by Gasteiger charge is 2.39. The molecule has 0 aliphatic carbocycles. The van der Waals surface area contributed by atoms with Gasteiger partial charge in [0.2, 0.25) is 0 Å². The summed E-state index contributed by atoms with van der Waals surface area (Å²) >= 11 is 0. The van der Waals surface area contributed by atoms with Crippen LogP contribution < -0.4 is 0 Å². The van der Waals surface area contributed by atoms with Gasteiger partial charge in [-0.2, -0.15) is 0 Å². The van der Waals surface area contributed by atoms with Crippen LogP contribution in [0.3, 0.4) is 0 Å². The van der Waals surface area contributed by atoms with Gasteiger partial charge in [0.25, 0.3) is 0 Å². The molecule has 0 saturated carbocycles. The van der Waals surface area contributed by atoms with Crippen molar-refractivity contribution in [3.05, 3.63) is 35.9 Å². The number of hydrogen-bond acceptors (Lipinski definition) is 4. The molecule has 2 unspecified atom stereocenters. The summed E-state index contributed by atoms with van der Waals surface area (Å²) in [6.45, 7) is 8.45. The number of likely N-dealkylation sites (tertiary alicyclic amines) is 1. The Balaban J connectivity index is 1.94. The monoisotopic (exact) mass is 319 g/mol. The van der Waals surface area contributed by atoms with Gasteiger partial charge in [-0.25, -0.2) is 0 Å². The van der Waals surface area contributed by atoms with Crippen molar-refractivity contribution in [1.29, 1.82) is 0 Å². The first-order chi connectivity index (χ1) is 11.0. The Labute approximate surface area is 139 Å². The van der Waals surface area contributed by atoms with Gasteiger partial charge in [0, 0.05) is 25.7 Å². The number of benzene rings is 1. The SMILES string of the molecule is COCC1C[C@@H](C(C)C(=O)OCc2ccccc2)N(C(C)C)C1. The zero-order chi connectivity index (χ0) is 16.8. The first-order valence-electron chi connectivity index (χ1n) is 8.48. The molecule has 1 fully saturated rings. The maximum absolute atomic E-state index is 12.5. The molecule has 2 rings (SSSR count). The summed E-state index contributed by atoms with van der Waals surface area (Å²) in [5.74, 6) is 0.266. The number of rotatable bonds is 7. The van der Waals surface area contributed by atoms with Gasteiger partial charge in [0.1, 0.15) is 6.61 Å². The number of ether oxygens (including phenoxy) is 2. The fourth-order valence-electron chi connectivity index (χ4n) is 3.44. The van der Waals surface area contributed by atoms with Crippen LogP contribution in [0.2, 0.25) is 0 Å². The highest BCUT2D eigenvalue weighted by atomic mass is 16.5. The Morgan fingerprint density at radius 2 is 1.96 bits per heavy atom. The van der Waals surface area contributed by atoms with Crippen LogP contribution in [0.15, 0.2) is 30.3 Å². The Morgan fingerprint density at radius 1 is 1.26 bits per heavy atom. The zero-order valence-corrected chi connectivity index (χ0v) is 14.7. The topological polar surface area (TPSA) is 38.8 Å². The molecule has 0 bridgehead atoms. The van der Waals surface area contributed by atoms with Crippen molar-refractivity contribution in [2.45, 2.75) is 45.9 Å². The third-order valence-corrected chi connectivity index (χ3v) is 4.71. The molecule has 128 valence electrons. The Bertz CT molecular complexity index is 489. The largest absolute Gasteiger partial charge is 0.461 e. The predicted molar refractivity (Wildman–Crippen MR) is 91.0 cm³/mol. The molecule has 1 saturated heterocycles. The third-order valence-electron chi connectivity index (χ3n) is 4.71. The van der Waals surface area contributed by atoms with Crippen LogP contribution in [-0.4, -0.2) is 43.2 Å². The van der Waals surface area contributed by atoms with E-state index in [-0.39, 0.29) is 17.9 Å². The number of carbonyl (C=O) groups is 1. The van der Waals surface area contributed by atoms with E-state index in [1.807, 2.05) is 37.3 Å². The molecular weight excluding hydrogens is 290 g/mol. The van der Waals surface area contributed by atoms with Gasteiger partial charge in [0.05, 0.1) is 12.5 Å². The number of methoxy groups -OCH3 is 1. The van der Waals surface area contributed by atoms with E-state index in [2.05, 4.69) is 18.7 Å². The van der Waals surface area contributed by atoms with Crippen molar-refractivity contribution < 1.29 is 14.3 Å². The molecular formula is C19H29NO3. The van der Waals surface area contributed by atoms with Gasteiger partial charge in [-0.3, -0.25) is 9.69 Å². The predicted octanol–water partition coefficient (Wildman–Crippen LogP) is 3.11. The molecule has 0 spiro atoms. The normalized spacial score (nSPS) is 23.2. The number of nitrogens with zero attached hydrogens (tertiary/aromatic N) is 1. The van der Waals surface area contributed by atoms with Crippen LogP contribution in [0.4, 0.5) is 0 Å². The molecule has 4 heteroatoms. The van der Waals surface area contributed by atoms with Crippen molar-refractivity contribution >= 4 is 5.97 Å². The highest BCUT2D eigenvalue weighted by molar-refractivity contribution is 5.73. The molecule has 0 amide bonds. The summed E-state index contributed by atoms with van der Waals surface area (Å²) in [6, 6.07) is 10.5. The third kappa shape index (κ3) is 4.79. The molecule has 3 atom stereocenters. The van der Waals surface area contributed by atoms with Crippen molar-refractivity contribution in [3.63, 3.8) is 0 Å². The van der Waals surface area contributed by atoms with Crippen molar-refractivity contribution in [3.8, 4) is 0 Å². The molecule has 0 aromatic heterocycles. The molecule has 1 aromatic carbocycles. The lowest BCUT2D eigenvalue weighted by Crippen LogP contribution is -2.42. The lowest BCUT2D eigenvalue weighted by Gasteiger charge is -2.31. The van der Waals surface area contributed by atoms with Crippen LogP contribution in [-0.2, 0) is 20.9 Å². The van der Waals surface area contributed by atoms with Gasteiger partial charge < -0.3 is 9.47 Å². The van der Waals surface area contributed by atoms with E-state index < -0.39 is 0 Å². The fraction of sp³-hybridized carbons (Fsp3) is 0.632. The first-order valence-corrected chi connectivity index (χ1v) is 8.48. The van der Waals surface area contributed by atoms with Crippen molar-refractivity contribution in [2.24, 2.45) is 11.8 Å². The smallest absolute Gasteiger partial charge is 0.310 e. The van der Waals surface area contributed by atoms with E-state index in [0.717, 1.165) is 25.1 Å². The van der Waals surface area contributed by atoms with Crippen LogP contribution in [0, 0.1) is 11.8 Å². The summed E-state index contributed by atoms with van der Waals surface area (Å²) in [4.78, 5) is 14.9. The van der Waals surface area contributed by atoms with Gasteiger partial charge in [-0.05, 0) is 31.7 Å². The molecule has 1 aromatic rings. The second-order valence-corrected chi connectivity index (χ2v) is 6.80. The highest BCUT2D eigenvalue weighted by Crippen LogP contribution is 2.31. The van der Waals surface area contributed by atoms with E-state index in [4.69, 9.17) is 9.47 Å². The minimum atomic E-state index is -0.122. The average molecular weight is 319 g/mol. The van der Waals surface area contributed by atoms with E-state index in [1.54, 1.807) is 7.11 Å². The number of esters is 1. The lowest BCUT2D eigenvalue weighted by molar-refractivity contribution is -0.151. The van der Waals surface area contributed by atoms with E-state index in [0.29, 0.717) is 18.6 Å². The van der Waals surface area contributed by atoms with Crippen LogP contribution >= 0.6 is 0 Å². The Hall–Kier alpha value is -1.39. The standard InChI is InChI=1S/C19H29NO3/c1-14(2)20-11-17(12-22-4)10-18(20)15(3)19(21)23-13-16-8-6-5-7-9-16/h5-9,14-15,17-18H,10-13H2,1-4H3/t15?,17?,18-/m0/s1. The second-order valence-electron chi connectivity index (χ2n) is 6.80. The maximum Gasteiger partial charge on any atom is 0.310 e. The van der Waals surface area contributed by atoms with E-state index in [1.165, 1.54) is 0 Å². The van der Waals surface area contributed by atoms with Gasteiger partial charge in [-0.15, -0.1) is 0 Å². The molecule has 1 heterocycles. The van der Waals surface area contributed by atoms with Crippen molar-refractivity contribution in [1.82, 2.24) is 4.90 Å². The van der Waals surface area contributed by atoms with Gasteiger partial charge >= 0.3 is 5.97 Å². The molecule has 0 N–H and O–H groups in total. The van der Waals surface area contributed by atoms with Gasteiger partial charge in [-0.1, -0.05) is 37.3 Å². The number of hydrogen-bond donors (Lipinski definition) is 0. The summed E-state index contributed by atoms with van der Waals surface area (Å²) < 4.78 is 10.8. The minimum absolute atomic E-state index is 0.109. The summed E-state index contributed by atoms with van der Waals surface area (Å²) in [6.07, 6.45) is 0.994. The van der Waals surface area contributed by atoms with Gasteiger partial charge in [0.15, 0.2) is 0 Å². The molecule has 1 aliphatic rings. The Morgan fingerprint density at radius 3 is 2.57 bits per heavy atom. The quantitative estimate of drug-likeness (QED) is 0.724. The van der Waals surface area contributed by atoms with Crippen molar-refractivity contribution in [2.75, 3.05) is 20.3 Å². The summed E-state index contributed by atoms with van der Waals surface area (Å²) in [5, 5.41) is 0. The van der Waals surface area contributed by atoms with Crippen LogP contribution in [0.5, 0.6) is 0 Å². The fourth-order valence-corrected chi connectivity index (χ4v) is 3.44. The van der Waals surface area contributed by atoms with Crippen LogP contribution in [0.1, 0.15) is 32.8 Å². The summed E-state index contributed by atoms with van der Waals surface area (Å²) in [7, 11) is 1.74. The van der Waals surface area contributed by atoms with E-state index >= 15 is 0 Å². The molecule has 1 aliphatic heterocycles. The minimum Gasteiger partial charge on any atom is -0.461 e. The zero-order valence-electron chi connectivity index (χ0n) is 14.7. The lowest BCUT2D eigenvalue weighted by atomic mass is 9.96. The second kappa shape index (κ2) is 8.46. The number of carbonyl (C=O) groups excluding carboxylic acids is 1. The Kier molecular flexibility index (Phi) is 6.60. The molecule has 0 radical (unpaired) electrons. The molecule has 4 nitrogen and oxygen atoms in total.